The number of aliphatic hydroxyl groups excluding tert-OH is 4. The van der Waals surface area contributed by atoms with E-state index in [0.29, 0.717) is 0 Å². The molecule has 3 aliphatic rings. The summed E-state index contributed by atoms with van der Waals surface area (Å²) >= 11 is 0. The first-order valence-electron chi connectivity index (χ1n) is 14.5. The summed E-state index contributed by atoms with van der Waals surface area (Å²) in [6, 6.07) is 0. The van der Waals surface area contributed by atoms with E-state index in [1.54, 1.807) is 6.92 Å². The summed E-state index contributed by atoms with van der Waals surface area (Å²) in [5.74, 6) is -1.66. The minimum Gasteiger partial charge on any atom is -0.463 e. The average molecular weight is 750 g/mol. The van der Waals surface area contributed by atoms with Gasteiger partial charge < -0.3 is 60.8 Å². The van der Waals surface area contributed by atoms with Crippen LogP contribution in [-0.2, 0) is 46.3 Å². The molecule has 1 amide bonds. The number of carbonyl (C=O) groups is 2. The summed E-state index contributed by atoms with van der Waals surface area (Å²) in [6.07, 6.45) is -5.34. The Morgan fingerprint density at radius 1 is 0.960 bits per heavy atom. The van der Waals surface area contributed by atoms with E-state index in [4.69, 9.17) is 34.7 Å². The van der Waals surface area contributed by atoms with Crippen molar-refractivity contribution in [3.63, 3.8) is 0 Å². The molecule has 50 heavy (non-hydrogen) atoms. The highest BCUT2D eigenvalue weighted by molar-refractivity contribution is 7.61. The van der Waals surface area contributed by atoms with E-state index in [-0.39, 0.29) is 34.7 Å². The Labute approximate surface area is 281 Å². The number of amides is 1. The molecule has 2 aromatic rings. The van der Waals surface area contributed by atoms with Crippen molar-refractivity contribution in [1.29, 1.82) is 0 Å². The highest BCUT2D eigenvalue weighted by Crippen LogP contribution is 2.60. The number of primary amides is 1. The number of aliphatic hydroxyl groups is 4. The molecule has 274 valence electrons. The number of nitrogen functional groups attached to an aromatic ring is 1. The number of nitrogens with two attached hydrogens (primary N) is 2. The molecule has 0 aliphatic carbocycles. The lowest BCUT2D eigenvalue weighted by molar-refractivity contribution is -0.137. The van der Waals surface area contributed by atoms with Gasteiger partial charge in [-0.15, -0.1) is 0 Å². The van der Waals surface area contributed by atoms with Crippen LogP contribution in [-0.4, -0.2) is 129 Å². The van der Waals surface area contributed by atoms with E-state index in [9.17, 15) is 48.9 Å². The van der Waals surface area contributed by atoms with Gasteiger partial charge in [-0.05, 0) is 18.6 Å². The SMILES string of the molecule is CCOC(=O)/C=C1\C=CN([C@H]2O[C@@H](COP(=O)(O)OP(=O)(O)OC[C@H]3O[C@@H](n4cnc5c(N)ncnc54)[C@H](O)[C@@H]3O)[C@H](O)[C@@H]2O)C=C1C(N)=O. The number of aromatic nitrogens is 4. The molecule has 0 spiro atoms. The van der Waals surface area contributed by atoms with Crippen LogP contribution in [0.15, 0.2) is 48.4 Å². The van der Waals surface area contributed by atoms with Crippen molar-refractivity contribution in [2.24, 2.45) is 5.73 Å². The van der Waals surface area contributed by atoms with Crippen LogP contribution in [0.1, 0.15) is 13.2 Å². The van der Waals surface area contributed by atoms with Crippen LogP contribution in [0.25, 0.3) is 11.2 Å². The number of carbonyl (C=O) groups excluding carboxylic acids is 2. The van der Waals surface area contributed by atoms with Crippen LogP contribution in [0.3, 0.4) is 0 Å². The number of anilines is 1. The normalized spacial score (nSPS) is 31.5. The lowest BCUT2D eigenvalue weighted by atomic mass is 10.0. The third kappa shape index (κ3) is 8.11. The van der Waals surface area contributed by atoms with Gasteiger partial charge in [-0.3, -0.25) is 18.4 Å². The fourth-order valence-corrected chi connectivity index (χ4v) is 7.19. The van der Waals surface area contributed by atoms with E-state index in [1.807, 2.05) is 0 Å². The number of fused-ring (bicyclic) bond motifs is 1. The molecule has 2 unspecified atom stereocenters. The molecular formula is C25H33N7O16P2. The Morgan fingerprint density at radius 3 is 2.16 bits per heavy atom. The van der Waals surface area contributed by atoms with Crippen molar-refractivity contribution in [2.45, 2.75) is 56.0 Å². The molecule has 23 nitrogen and oxygen atoms in total. The summed E-state index contributed by atoms with van der Waals surface area (Å²) in [4.78, 5) is 57.1. The zero-order chi connectivity index (χ0) is 36.5. The summed E-state index contributed by atoms with van der Waals surface area (Å²) in [7, 11) is -10.9. The molecule has 0 saturated carbocycles. The first-order valence-corrected chi connectivity index (χ1v) is 17.5. The molecule has 0 radical (unpaired) electrons. The minimum absolute atomic E-state index is 0.0379. The van der Waals surface area contributed by atoms with Crippen molar-refractivity contribution in [3.8, 4) is 0 Å². The highest BCUT2D eigenvalue weighted by atomic mass is 31.3. The van der Waals surface area contributed by atoms with Crippen molar-refractivity contribution in [3.05, 3.63) is 48.4 Å². The smallest absolute Gasteiger partial charge is 0.463 e. The maximum absolute atomic E-state index is 12.5. The Kier molecular flexibility index (Phi) is 11.2. The molecule has 25 heteroatoms. The Hall–Kier alpha value is -3.67. The van der Waals surface area contributed by atoms with Crippen LogP contribution in [0.5, 0.6) is 0 Å². The first kappa shape index (κ1) is 37.6. The van der Waals surface area contributed by atoms with Gasteiger partial charge in [0.1, 0.15) is 48.5 Å². The first-order chi connectivity index (χ1) is 23.5. The number of esters is 1. The van der Waals surface area contributed by atoms with Crippen LogP contribution < -0.4 is 11.5 Å². The van der Waals surface area contributed by atoms with Gasteiger partial charge in [-0.25, -0.2) is 28.9 Å². The number of phosphoric ester groups is 2. The molecule has 5 rings (SSSR count). The predicted molar refractivity (Wildman–Crippen MR) is 162 cm³/mol. The maximum atomic E-state index is 12.5. The van der Waals surface area contributed by atoms with Gasteiger partial charge in [0.15, 0.2) is 23.9 Å². The van der Waals surface area contributed by atoms with Gasteiger partial charge in [0.25, 0.3) is 5.91 Å². The standard InChI is InChI=1S/C25H33N7O16P2/c1-2-43-15(33)5-11-3-4-31(6-12(11)22(27)38)24-19(36)17(34)13(46-24)7-44-49(39,40)48-50(41,42)45-8-14-18(35)20(37)25(47-14)32-10-30-16-21(26)28-9-29-23(16)32/h3-6,9-10,13-14,17-20,24-25,34-37H,2,7-8H2,1H3,(H2,27,38)(H,39,40)(H,41,42)(H2,26,28,29)/b11-5+/t13-,14+,17-,18+,19-,20+,24-,25+/m0/s1. The number of rotatable bonds is 13. The van der Waals surface area contributed by atoms with E-state index < -0.39 is 89.8 Å². The largest absolute Gasteiger partial charge is 0.481 e. The zero-order valence-electron chi connectivity index (χ0n) is 25.8. The molecule has 10 atom stereocenters. The number of phosphoric acid groups is 2. The molecule has 5 heterocycles. The molecule has 2 saturated heterocycles. The Bertz CT molecular complexity index is 1800. The molecule has 3 aliphatic heterocycles. The average Bonchev–Trinajstić information content (AvgIpc) is 3.69. The van der Waals surface area contributed by atoms with Gasteiger partial charge in [-0.2, -0.15) is 4.31 Å². The van der Waals surface area contributed by atoms with E-state index >= 15 is 0 Å². The van der Waals surface area contributed by atoms with Gasteiger partial charge in [0, 0.05) is 18.5 Å². The van der Waals surface area contributed by atoms with Crippen LogP contribution in [0.2, 0.25) is 0 Å². The second-order valence-corrected chi connectivity index (χ2v) is 13.9. The minimum atomic E-state index is -5.44. The van der Waals surface area contributed by atoms with Crippen LogP contribution >= 0.6 is 15.6 Å². The number of imidazole rings is 1. The number of ether oxygens (including phenoxy) is 3. The highest BCUT2D eigenvalue weighted by Gasteiger charge is 2.48. The quantitative estimate of drug-likeness (QED) is 0.0592. The number of allylic oxidation sites excluding steroid dienone is 1. The molecule has 0 aromatic carbocycles. The lowest BCUT2D eigenvalue weighted by Crippen LogP contribution is -2.40. The number of nitrogens with zero attached hydrogens (tertiary/aromatic N) is 5. The number of hydrogen-bond donors (Lipinski definition) is 8. The third-order valence-corrected chi connectivity index (χ3v) is 10.1. The van der Waals surface area contributed by atoms with Gasteiger partial charge in [0.2, 0.25) is 0 Å². The fourth-order valence-electron chi connectivity index (χ4n) is 5.10. The summed E-state index contributed by atoms with van der Waals surface area (Å²) < 4.78 is 56.0. The monoisotopic (exact) mass is 749 g/mol. The Balaban J connectivity index is 1.16. The fraction of sp³-hybridized carbons (Fsp3) is 0.480. The number of hydrogen-bond acceptors (Lipinski definition) is 19. The topological polar surface area (TPSA) is 344 Å². The predicted octanol–water partition coefficient (Wildman–Crippen LogP) is -2.59. The van der Waals surface area contributed by atoms with Crippen molar-refractivity contribution in [1.82, 2.24) is 24.4 Å². The maximum Gasteiger partial charge on any atom is 0.481 e. The molecule has 2 fully saturated rings. The van der Waals surface area contributed by atoms with E-state index in [1.165, 1.54) is 23.2 Å². The van der Waals surface area contributed by atoms with Crippen molar-refractivity contribution < 1.29 is 76.5 Å². The van der Waals surface area contributed by atoms with Gasteiger partial charge >= 0.3 is 21.6 Å². The third-order valence-electron chi connectivity index (χ3n) is 7.48. The molecule has 10 N–H and O–H groups in total. The summed E-state index contributed by atoms with van der Waals surface area (Å²) in [6.45, 7) is -0.227. The van der Waals surface area contributed by atoms with E-state index in [2.05, 4.69) is 19.3 Å². The zero-order valence-corrected chi connectivity index (χ0v) is 27.5. The second-order valence-electron chi connectivity index (χ2n) is 10.8. The van der Waals surface area contributed by atoms with Gasteiger partial charge in [-0.1, -0.05) is 0 Å². The molecule has 2 aromatic heterocycles. The lowest BCUT2D eigenvalue weighted by Gasteiger charge is -2.29. The van der Waals surface area contributed by atoms with Gasteiger partial charge in [0.05, 0.1) is 31.7 Å². The molecule has 0 bridgehead atoms. The second kappa shape index (κ2) is 14.9. The van der Waals surface area contributed by atoms with Crippen LogP contribution in [0.4, 0.5) is 5.82 Å². The van der Waals surface area contributed by atoms with Crippen LogP contribution in [0, 0.1) is 0 Å². The van der Waals surface area contributed by atoms with E-state index in [0.717, 1.165) is 23.5 Å². The van der Waals surface area contributed by atoms with Crippen molar-refractivity contribution >= 4 is 44.5 Å². The van der Waals surface area contributed by atoms with Crippen molar-refractivity contribution in [2.75, 3.05) is 25.6 Å². The molecular weight excluding hydrogens is 716 g/mol. The summed E-state index contributed by atoms with van der Waals surface area (Å²) in [5.41, 5.74) is 11.4. The Morgan fingerprint density at radius 2 is 1.56 bits per heavy atom. The summed E-state index contributed by atoms with van der Waals surface area (Å²) in [5, 5.41) is 42.1.